The summed E-state index contributed by atoms with van der Waals surface area (Å²) in [6.07, 6.45) is 0. The van der Waals surface area contributed by atoms with Gasteiger partial charge in [0.1, 0.15) is 11.9 Å². The van der Waals surface area contributed by atoms with Crippen LogP contribution in [0.2, 0.25) is 5.02 Å². The van der Waals surface area contributed by atoms with Gasteiger partial charge in [-0.1, -0.05) is 17.7 Å². The SMILES string of the molecule is N#Cc1c(Br)cccc1Nc1cc(F)cc(Cl)c1. The molecule has 0 fully saturated rings. The van der Waals surface area contributed by atoms with E-state index in [-0.39, 0.29) is 0 Å². The number of nitrogens with zero attached hydrogens (tertiary/aromatic N) is 1. The third-order valence-electron chi connectivity index (χ3n) is 2.27. The highest BCUT2D eigenvalue weighted by molar-refractivity contribution is 9.10. The molecule has 0 heterocycles. The molecular weight excluding hydrogens is 319 g/mol. The van der Waals surface area contributed by atoms with Gasteiger partial charge in [0.05, 0.1) is 11.3 Å². The predicted octanol–water partition coefficient (Wildman–Crippen LogP) is 4.86. The van der Waals surface area contributed by atoms with Crippen LogP contribution < -0.4 is 5.32 Å². The fourth-order valence-electron chi connectivity index (χ4n) is 1.52. The average Bonchev–Trinajstić information content (AvgIpc) is 2.27. The highest BCUT2D eigenvalue weighted by atomic mass is 79.9. The van der Waals surface area contributed by atoms with Gasteiger partial charge in [0.15, 0.2) is 0 Å². The summed E-state index contributed by atoms with van der Waals surface area (Å²) in [5.41, 5.74) is 1.54. The van der Waals surface area contributed by atoms with E-state index < -0.39 is 5.82 Å². The molecule has 5 heteroatoms. The van der Waals surface area contributed by atoms with Crippen molar-refractivity contribution in [3.8, 4) is 6.07 Å². The molecule has 0 unspecified atom stereocenters. The highest BCUT2D eigenvalue weighted by Gasteiger charge is 2.07. The Balaban J connectivity index is 2.40. The molecule has 1 N–H and O–H groups in total. The van der Waals surface area contributed by atoms with Gasteiger partial charge in [0.2, 0.25) is 0 Å². The number of benzene rings is 2. The lowest BCUT2D eigenvalue weighted by Gasteiger charge is -2.09. The standard InChI is InChI=1S/C13H7BrClFN2/c14-12-2-1-3-13(11(12)7-17)18-10-5-8(15)4-9(16)6-10/h1-6,18H. The molecule has 0 aromatic heterocycles. The second kappa shape index (κ2) is 5.38. The molecule has 0 saturated heterocycles. The first kappa shape index (κ1) is 12.9. The van der Waals surface area contributed by atoms with Crippen molar-refractivity contribution < 1.29 is 4.39 Å². The number of rotatable bonds is 2. The molecule has 0 amide bonds. The molecule has 0 spiro atoms. The van der Waals surface area contributed by atoms with E-state index in [1.54, 1.807) is 24.3 Å². The van der Waals surface area contributed by atoms with Crippen LogP contribution in [-0.2, 0) is 0 Å². The fourth-order valence-corrected chi connectivity index (χ4v) is 2.20. The van der Waals surface area contributed by atoms with E-state index in [9.17, 15) is 4.39 Å². The number of nitrogens with one attached hydrogen (secondary N) is 1. The van der Waals surface area contributed by atoms with E-state index >= 15 is 0 Å². The molecule has 18 heavy (non-hydrogen) atoms. The van der Waals surface area contributed by atoms with Crippen LogP contribution >= 0.6 is 27.5 Å². The molecule has 0 bridgehead atoms. The maximum Gasteiger partial charge on any atom is 0.126 e. The summed E-state index contributed by atoms with van der Waals surface area (Å²) in [4.78, 5) is 0. The van der Waals surface area contributed by atoms with Crippen LogP contribution in [-0.4, -0.2) is 0 Å². The first-order chi connectivity index (χ1) is 8.60. The molecule has 2 aromatic carbocycles. The number of halogens is 3. The molecule has 2 rings (SSSR count). The van der Waals surface area contributed by atoms with Gasteiger partial charge in [-0.05, 0) is 46.3 Å². The summed E-state index contributed by atoms with van der Waals surface area (Å²) in [6.45, 7) is 0. The largest absolute Gasteiger partial charge is 0.354 e. The molecule has 2 nitrogen and oxygen atoms in total. The summed E-state index contributed by atoms with van der Waals surface area (Å²) in [6, 6.07) is 11.5. The smallest absolute Gasteiger partial charge is 0.126 e. The van der Waals surface area contributed by atoms with Gasteiger partial charge in [-0.25, -0.2) is 4.39 Å². The van der Waals surface area contributed by atoms with Crippen molar-refractivity contribution in [3.05, 3.63) is 57.3 Å². The Kier molecular flexibility index (Phi) is 3.85. The fraction of sp³-hybridized carbons (Fsp3) is 0. The summed E-state index contributed by atoms with van der Waals surface area (Å²) in [5.74, 6) is -0.432. The molecule has 2 aromatic rings. The van der Waals surface area contributed by atoms with Crippen LogP contribution in [0.25, 0.3) is 0 Å². The second-order valence-corrected chi connectivity index (χ2v) is 4.85. The topological polar surface area (TPSA) is 35.8 Å². The van der Waals surface area contributed by atoms with Gasteiger partial charge in [0.25, 0.3) is 0 Å². The lowest BCUT2D eigenvalue weighted by atomic mass is 10.2. The van der Waals surface area contributed by atoms with E-state index in [1.165, 1.54) is 12.1 Å². The van der Waals surface area contributed by atoms with Gasteiger partial charge in [-0.15, -0.1) is 0 Å². The quantitative estimate of drug-likeness (QED) is 0.856. The van der Waals surface area contributed by atoms with Gasteiger partial charge >= 0.3 is 0 Å². The van der Waals surface area contributed by atoms with Crippen LogP contribution in [0.15, 0.2) is 40.9 Å². The van der Waals surface area contributed by atoms with Crippen LogP contribution in [0.5, 0.6) is 0 Å². The third-order valence-corrected chi connectivity index (χ3v) is 3.15. The maximum atomic E-state index is 13.2. The van der Waals surface area contributed by atoms with Crippen LogP contribution in [0.3, 0.4) is 0 Å². The van der Waals surface area contributed by atoms with Crippen LogP contribution in [0.1, 0.15) is 5.56 Å². The zero-order chi connectivity index (χ0) is 13.1. The summed E-state index contributed by atoms with van der Waals surface area (Å²) in [7, 11) is 0. The zero-order valence-corrected chi connectivity index (χ0v) is 11.4. The van der Waals surface area contributed by atoms with E-state index in [1.807, 2.05) is 0 Å². The zero-order valence-electron chi connectivity index (χ0n) is 9.05. The lowest BCUT2D eigenvalue weighted by Crippen LogP contribution is -1.95. The van der Waals surface area contributed by atoms with Crippen molar-refractivity contribution >= 4 is 38.9 Å². The van der Waals surface area contributed by atoms with Crippen molar-refractivity contribution in [1.29, 1.82) is 5.26 Å². The molecule has 0 aliphatic rings. The Morgan fingerprint density at radius 1 is 1.28 bits per heavy atom. The van der Waals surface area contributed by atoms with E-state index in [0.29, 0.717) is 26.4 Å². The molecular formula is C13H7BrClFN2. The Hall–Kier alpha value is -1.57. The summed E-state index contributed by atoms with van der Waals surface area (Å²) >= 11 is 9.05. The molecule has 0 radical (unpaired) electrons. The summed E-state index contributed by atoms with van der Waals surface area (Å²) in [5, 5.41) is 12.3. The third kappa shape index (κ3) is 2.81. The Morgan fingerprint density at radius 3 is 2.72 bits per heavy atom. The van der Waals surface area contributed by atoms with E-state index in [4.69, 9.17) is 16.9 Å². The molecule has 0 atom stereocenters. The molecule has 0 aliphatic carbocycles. The molecule has 0 saturated carbocycles. The molecule has 90 valence electrons. The van der Waals surface area contributed by atoms with Crippen molar-refractivity contribution in [2.24, 2.45) is 0 Å². The van der Waals surface area contributed by atoms with E-state index in [2.05, 4.69) is 27.3 Å². The first-order valence-corrected chi connectivity index (χ1v) is 6.19. The van der Waals surface area contributed by atoms with Crippen LogP contribution in [0.4, 0.5) is 15.8 Å². The number of hydrogen-bond donors (Lipinski definition) is 1. The highest BCUT2D eigenvalue weighted by Crippen LogP contribution is 2.28. The molecule has 0 aliphatic heterocycles. The Morgan fingerprint density at radius 2 is 2.06 bits per heavy atom. The second-order valence-electron chi connectivity index (χ2n) is 3.56. The van der Waals surface area contributed by atoms with Gasteiger partial charge < -0.3 is 5.32 Å². The Bertz CT molecular complexity index is 617. The maximum absolute atomic E-state index is 13.2. The Labute approximate surface area is 117 Å². The van der Waals surface area contributed by atoms with Gasteiger partial charge in [-0.3, -0.25) is 0 Å². The number of hydrogen-bond acceptors (Lipinski definition) is 2. The first-order valence-electron chi connectivity index (χ1n) is 5.02. The minimum atomic E-state index is -0.432. The number of nitriles is 1. The van der Waals surface area contributed by atoms with Crippen LogP contribution in [0, 0.1) is 17.1 Å². The normalized spacial score (nSPS) is 9.89. The van der Waals surface area contributed by atoms with E-state index in [0.717, 1.165) is 0 Å². The van der Waals surface area contributed by atoms with Crippen molar-refractivity contribution in [1.82, 2.24) is 0 Å². The summed E-state index contributed by atoms with van der Waals surface area (Å²) < 4.78 is 13.9. The van der Waals surface area contributed by atoms with Crippen molar-refractivity contribution in [2.45, 2.75) is 0 Å². The van der Waals surface area contributed by atoms with Gasteiger partial charge in [-0.2, -0.15) is 5.26 Å². The van der Waals surface area contributed by atoms with Gasteiger partial charge in [0, 0.05) is 15.2 Å². The van der Waals surface area contributed by atoms with Crippen molar-refractivity contribution in [3.63, 3.8) is 0 Å². The minimum Gasteiger partial charge on any atom is -0.354 e. The van der Waals surface area contributed by atoms with Crippen molar-refractivity contribution in [2.75, 3.05) is 5.32 Å². The lowest BCUT2D eigenvalue weighted by molar-refractivity contribution is 0.628. The predicted molar refractivity (Wildman–Crippen MR) is 73.5 cm³/mol. The number of anilines is 2. The average molecular weight is 326 g/mol. The minimum absolute atomic E-state index is 0.297. The monoisotopic (exact) mass is 324 g/mol.